The molecule has 0 bridgehead atoms. The van der Waals surface area contributed by atoms with Crippen molar-refractivity contribution in [1.29, 1.82) is 0 Å². The van der Waals surface area contributed by atoms with Gasteiger partial charge in [-0.15, -0.1) is 11.3 Å². The van der Waals surface area contributed by atoms with Gasteiger partial charge in [0, 0.05) is 22.1 Å². The predicted octanol–water partition coefficient (Wildman–Crippen LogP) is 5.38. The van der Waals surface area contributed by atoms with E-state index in [4.69, 9.17) is 23.8 Å². The molecule has 1 aromatic heterocycles. The van der Waals surface area contributed by atoms with Crippen molar-refractivity contribution in [2.24, 2.45) is 0 Å². The van der Waals surface area contributed by atoms with Crippen LogP contribution in [0.15, 0.2) is 70.9 Å². The smallest absolute Gasteiger partial charge is 0.180 e. The fourth-order valence-corrected chi connectivity index (χ4v) is 5.04. The highest BCUT2D eigenvalue weighted by Crippen LogP contribution is 2.18. The van der Waals surface area contributed by atoms with Crippen LogP contribution in [0.5, 0.6) is 0 Å². The quantitative estimate of drug-likeness (QED) is 0.475. The van der Waals surface area contributed by atoms with Gasteiger partial charge in [-0.05, 0) is 67.0 Å². The zero-order valence-corrected chi connectivity index (χ0v) is 19.0. The minimum absolute atomic E-state index is 0.0239. The number of rotatable bonds is 7. The van der Waals surface area contributed by atoms with Crippen LogP contribution in [0.1, 0.15) is 10.4 Å². The summed E-state index contributed by atoms with van der Waals surface area (Å²) in [4.78, 5) is 3.32. The highest BCUT2D eigenvalue weighted by atomic mass is 35.5. The van der Waals surface area contributed by atoms with Gasteiger partial charge in [0.15, 0.2) is 14.9 Å². The van der Waals surface area contributed by atoms with E-state index in [9.17, 15) is 8.42 Å². The van der Waals surface area contributed by atoms with Gasteiger partial charge in [0.2, 0.25) is 0 Å². The molecule has 0 aliphatic heterocycles. The summed E-state index contributed by atoms with van der Waals surface area (Å²) in [6, 6.07) is 18.1. The van der Waals surface area contributed by atoms with Crippen LogP contribution >= 0.6 is 35.2 Å². The van der Waals surface area contributed by atoms with Gasteiger partial charge in [-0.3, -0.25) is 0 Å². The van der Waals surface area contributed by atoms with E-state index in [0.717, 1.165) is 16.1 Å². The van der Waals surface area contributed by atoms with Gasteiger partial charge >= 0.3 is 0 Å². The Morgan fingerprint density at radius 2 is 1.79 bits per heavy atom. The number of thiophene rings is 1. The molecular weight excluding hydrogens is 444 g/mol. The monoisotopic (exact) mass is 464 g/mol. The van der Waals surface area contributed by atoms with Gasteiger partial charge in [0.1, 0.15) is 0 Å². The van der Waals surface area contributed by atoms with Crippen molar-refractivity contribution in [2.45, 2.75) is 18.4 Å². The van der Waals surface area contributed by atoms with Crippen LogP contribution in [0, 0.1) is 6.92 Å². The normalized spacial score (nSPS) is 11.2. The van der Waals surface area contributed by atoms with E-state index >= 15 is 0 Å². The zero-order chi connectivity index (χ0) is 20.9. The lowest BCUT2D eigenvalue weighted by atomic mass is 10.2. The van der Waals surface area contributed by atoms with Crippen molar-refractivity contribution in [3.63, 3.8) is 0 Å². The fraction of sp³-hybridized carbons (Fsp3) is 0.190. The third-order valence-electron chi connectivity index (χ3n) is 4.32. The number of nitrogens with one attached hydrogen (secondary N) is 1. The number of sulfone groups is 1. The highest BCUT2D eigenvalue weighted by Gasteiger charge is 2.19. The maximum absolute atomic E-state index is 12.8. The minimum Gasteiger partial charge on any atom is -0.343 e. The van der Waals surface area contributed by atoms with Crippen molar-refractivity contribution in [3.8, 4) is 0 Å². The molecule has 0 saturated carbocycles. The summed E-state index contributed by atoms with van der Waals surface area (Å²) in [7, 11) is -3.41. The van der Waals surface area contributed by atoms with Crippen molar-refractivity contribution in [3.05, 3.63) is 81.5 Å². The van der Waals surface area contributed by atoms with Crippen molar-refractivity contribution in [2.75, 3.05) is 17.6 Å². The summed E-state index contributed by atoms with van der Waals surface area (Å²) in [6.07, 6.45) is 0. The van der Waals surface area contributed by atoms with Gasteiger partial charge in [-0.25, -0.2) is 8.42 Å². The Morgan fingerprint density at radius 3 is 2.41 bits per heavy atom. The molecule has 3 rings (SSSR count). The average Bonchev–Trinajstić information content (AvgIpc) is 3.20. The topological polar surface area (TPSA) is 49.4 Å². The Balaban J connectivity index is 1.73. The fourth-order valence-electron chi connectivity index (χ4n) is 2.67. The van der Waals surface area contributed by atoms with E-state index < -0.39 is 9.84 Å². The maximum Gasteiger partial charge on any atom is 0.180 e. The number of halogens is 1. The van der Waals surface area contributed by atoms with Crippen LogP contribution in [-0.2, 0) is 16.4 Å². The van der Waals surface area contributed by atoms with E-state index in [1.165, 1.54) is 0 Å². The summed E-state index contributed by atoms with van der Waals surface area (Å²) in [5, 5.41) is 6.28. The van der Waals surface area contributed by atoms with E-state index in [1.54, 1.807) is 35.6 Å². The summed E-state index contributed by atoms with van der Waals surface area (Å²) in [5.41, 5.74) is 1.83. The second kappa shape index (κ2) is 9.71. The molecule has 8 heteroatoms. The summed E-state index contributed by atoms with van der Waals surface area (Å²) in [6.45, 7) is 2.76. The summed E-state index contributed by atoms with van der Waals surface area (Å²) in [5.74, 6) is -0.0239. The highest BCUT2D eigenvalue weighted by molar-refractivity contribution is 7.91. The Bertz CT molecular complexity index is 1050. The molecule has 0 amide bonds. The van der Waals surface area contributed by atoms with Gasteiger partial charge in [0.05, 0.1) is 17.2 Å². The molecule has 1 N–H and O–H groups in total. The van der Waals surface area contributed by atoms with E-state index in [2.05, 4.69) is 5.32 Å². The maximum atomic E-state index is 12.8. The molecule has 152 valence electrons. The second-order valence-corrected chi connectivity index (χ2v) is 10.5. The van der Waals surface area contributed by atoms with Crippen LogP contribution in [0.25, 0.3) is 0 Å². The van der Waals surface area contributed by atoms with Crippen LogP contribution in [0.3, 0.4) is 0 Å². The number of benzene rings is 2. The summed E-state index contributed by atoms with van der Waals surface area (Å²) < 4.78 is 25.5. The Labute approximate surface area is 186 Å². The molecule has 3 aromatic rings. The van der Waals surface area contributed by atoms with Crippen LogP contribution in [0.4, 0.5) is 5.69 Å². The number of hydrogen-bond acceptors (Lipinski definition) is 4. The lowest BCUT2D eigenvalue weighted by Crippen LogP contribution is -2.37. The van der Waals surface area contributed by atoms with E-state index in [0.29, 0.717) is 21.6 Å². The summed E-state index contributed by atoms with van der Waals surface area (Å²) >= 11 is 13.1. The molecule has 29 heavy (non-hydrogen) atoms. The van der Waals surface area contributed by atoms with Crippen LogP contribution in [0.2, 0.25) is 5.02 Å². The number of thiocarbonyl (C=S) groups is 1. The van der Waals surface area contributed by atoms with Gasteiger partial charge in [-0.2, -0.15) is 0 Å². The molecule has 0 unspecified atom stereocenters. The Kier molecular flexibility index (Phi) is 7.29. The van der Waals surface area contributed by atoms with Crippen LogP contribution < -0.4 is 5.32 Å². The molecule has 0 aliphatic rings. The van der Waals surface area contributed by atoms with Crippen LogP contribution in [-0.4, -0.2) is 30.7 Å². The minimum atomic E-state index is -3.41. The van der Waals surface area contributed by atoms with Crippen molar-refractivity contribution in [1.82, 2.24) is 4.90 Å². The molecule has 0 spiro atoms. The largest absolute Gasteiger partial charge is 0.343 e. The molecule has 0 aliphatic carbocycles. The Morgan fingerprint density at radius 1 is 1.10 bits per heavy atom. The van der Waals surface area contributed by atoms with Gasteiger partial charge < -0.3 is 10.2 Å². The third-order valence-corrected chi connectivity index (χ3v) is 7.50. The first-order valence-electron chi connectivity index (χ1n) is 8.97. The SMILES string of the molecule is Cc1ccc(S(=O)(=O)CCN(Cc2cccs2)C(=S)Nc2ccc(Cl)cc2)cc1. The first-order valence-corrected chi connectivity index (χ1v) is 12.3. The standard InChI is InChI=1S/C21H21ClN2O2S3/c1-16-4-10-20(11-5-16)29(25,26)14-12-24(15-19-3-2-13-28-19)21(27)23-18-8-6-17(22)7-9-18/h2-11,13H,12,14-15H2,1H3,(H,23,27). The molecule has 2 aromatic carbocycles. The van der Waals surface area contributed by atoms with Crippen molar-refractivity contribution >= 4 is 55.8 Å². The first kappa shape index (κ1) is 21.8. The molecule has 0 fully saturated rings. The number of aryl methyl sites for hydroxylation is 1. The molecule has 1 heterocycles. The second-order valence-electron chi connectivity index (χ2n) is 6.57. The average molecular weight is 465 g/mol. The van der Waals surface area contributed by atoms with Crippen molar-refractivity contribution < 1.29 is 8.42 Å². The lowest BCUT2D eigenvalue weighted by Gasteiger charge is -2.25. The Hall–Kier alpha value is -1.93. The number of hydrogen-bond donors (Lipinski definition) is 1. The van der Waals surface area contributed by atoms with Gasteiger partial charge in [0.25, 0.3) is 0 Å². The number of nitrogens with zero attached hydrogens (tertiary/aromatic N) is 1. The zero-order valence-electron chi connectivity index (χ0n) is 15.8. The third kappa shape index (κ3) is 6.27. The molecule has 4 nitrogen and oxygen atoms in total. The van der Waals surface area contributed by atoms with Gasteiger partial charge in [-0.1, -0.05) is 35.4 Å². The van der Waals surface area contributed by atoms with E-state index in [1.807, 2.05) is 53.6 Å². The molecular formula is C21H21ClN2O2S3. The predicted molar refractivity (Wildman–Crippen MR) is 126 cm³/mol. The number of anilines is 1. The molecule has 0 radical (unpaired) electrons. The molecule has 0 saturated heterocycles. The molecule has 0 atom stereocenters. The lowest BCUT2D eigenvalue weighted by molar-refractivity contribution is 0.444. The first-order chi connectivity index (χ1) is 13.8. The van der Waals surface area contributed by atoms with E-state index in [-0.39, 0.29) is 12.3 Å².